The van der Waals surface area contributed by atoms with Crippen LogP contribution in [0.3, 0.4) is 0 Å². The summed E-state index contributed by atoms with van der Waals surface area (Å²) in [6.07, 6.45) is 1.01. The fraction of sp³-hybridized carbons (Fsp3) is 0.600. The average Bonchev–Trinajstić information content (AvgIpc) is 2.91. The lowest BCUT2D eigenvalue weighted by molar-refractivity contribution is -0.142. The molecule has 0 spiro atoms. The van der Waals surface area contributed by atoms with Crippen LogP contribution >= 0.6 is 0 Å². The van der Waals surface area contributed by atoms with Crippen molar-refractivity contribution in [1.82, 2.24) is 10.2 Å². The molecule has 4 atom stereocenters. The van der Waals surface area contributed by atoms with Crippen LogP contribution in [0.2, 0.25) is 0 Å². The number of aryl methyl sites for hydroxylation is 2. The Bertz CT molecular complexity index is 1240. The number of hydrogen-bond acceptors (Lipinski definition) is 4. The Balaban J connectivity index is 2.06. The molecule has 1 heterocycles. The van der Waals surface area contributed by atoms with Crippen molar-refractivity contribution in [3.8, 4) is 5.75 Å². The number of carbonyl (C=O) groups excluding carboxylic acids is 1. The average molecular weight is 565 g/mol. The van der Waals surface area contributed by atoms with Gasteiger partial charge in [0.15, 0.2) is 0 Å². The van der Waals surface area contributed by atoms with Crippen LogP contribution in [0.5, 0.6) is 5.75 Å². The number of carboxylic acid groups (broad SMARTS) is 1. The highest BCUT2D eigenvalue weighted by molar-refractivity contribution is 5.87. The first-order valence-electron chi connectivity index (χ1n) is 15.1. The van der Waals surface area contributed by atoms with Gasteiger partial charge in [0.1, 0.15) is 12.3 Å². The number of benzene rings is 2. The lowest BCUT2D eigenvalue weighted by atomic mass is 9.54. The summed E-state index contributed by atoms with van der Waals surface area (Å²) in [6.45, 7) is 21.6. The van der Waals surface area contributed by atoms with Crippen molar-refractivity contribution in [2.45, 2.75) is 79.6 Å². The maximum absolute atomic E-state index is 14.0. The Kier molecular flexibility index (Phi) is 10.0. The van der Waals surface area contributed by atoms with Crippen LogP contribution in [0, 0.1) is 37.0 Å². The van der Waals surface area contributed by atoms with Crippen LogP contribution in [0.1, 0.15) is 77.1 Å². The van der Waals surface area contributed by atoms with E-state index in [0.717, 1.165) is 42.0 Å². The van der Waals surface area contributed by atoms with Gasteiger partial charge in [-0.15, -0.1) is 0 Å². The molecule has 6 nitrogen and oxygen atoms in total. The third kappa shape index (κ3) is 5.90. The van der Waals surface area contributed by atoms with E-state index in [1.165, 1.54) is 5.56 Å². The van der Waals surface area contributed by atoms with Gasteiger partial charge in [0.25, 0.3) is 0 Å². The standard InChI is InChI=1S/C35H52N2O4/c1-11-27-21-37(20-26(6)35(27,23(2)3)28-17-16-25(5)30(18-28)41-10)22-34(9,32(40)36-19-31(38)39)33(7,8)29-15-13-12-14-24(29)4/h12-18,23,26-27H,11,19-22H2,1-10H3,(H,36,40)(H,38,39)/t26?,27-,34?,35+/m0/s1. The lowest BCUT2D eigenvalue weighted by Crippen LogP contribution is -2.62. The maximum Gasteiger partial charge on any atom is 0.322 e. The minimum atomic E-state index is -1.04. The molecule has 1 aliphatic heterocycles. The van der Waals surface area contributed by atoms with Crippen molar-refractivity contribution in [1.29, 1.82) is 0 Å². The number of rotatable bonds is 11. The first kappa shape index (κ1) is 32.7. The Labute approximate surface area is 247 Å². The van der Waals surface area contributed by atoms with Crippen molar-refractivity contribution >= 4 is 11.9 Å². The van der Waals surface area contributed by atoms with Crippen molar-refractivity contribution in [3.63, 3.8) is 0 Å². The summed E-state index contributed by atoms with van der Waals surface area (Å²) in [7, 11) is 1.74. The zero-order chi connectivity index (χ0) is 30.8. The van der Waals surface area contributed by atoms with Crippen molar-refractivity contribution in [2.24, 2.45) is 23.2 Å². The SMILES string of the molecule is CC[C@H]1CN(CC(C)(C(=O)NCC(=O)O)C(C)(C)c2ccccc2C)CC(C)[C@]1(c1ccc(C)c(OC)c1)C(C)C. The van der Waals surface area contributed by atoms with Gasteiger partial charge in [-0.1, -0.05) is 84.4 Å². The summed E-state index contributed by atoms with van der Waals surface area (Å²) < 4.78 is 5.75. The fourth-order valence-electron chi connectivity index (χ4n) is 7.98. The first-order chi connectivity index (χ1) is 19.2. The Morgan fingerprint density at radius 2 is 1.76 bits per heavy atom. The second kappa shape index (κ2) is 12.6. The molecule has 1 amide bonds. The molecule has 2 N–H and O–H groups in total. The predicted molar refractivity (Wildman–Crippen MR) is 167 cm³/mol. The van der Waals surface area contributed by atoms with Gasteiger partial charge in [-0.3, -0.25) is 9.59 Å². The number of likely N-dealkylation sites (tertiary alicyclic amines) is 1. The molecule has 0 saturated carbocycles. The molecular formula is C35H52N2O4. The van der Waals surface area contributed by atoms with E-state index in [4.69, 9.17) is 4.74 Å². The second-order valence-corrected chi connectivity index (χ2v) is 13.3. The highest BCUT2D eigenvalue weighted by Gasteiger charge is 2.54. The van der Waals surface area contributed by atoms with Gasteiger partial charge in [-0.05, 0) is 66.8 Å². The van der Waals surface area contributed by atoms with E-state index in [-0.39, 0.29) is 11.3 Å². The summed E-state index contributed by atoms with van der Waals surface area (Å²) >= 11 is 0. The monoisotopic (exact) mass is 564 g/mol. The number of nitrogens with one attached hydrogen (secondary N) is 1. The molecule has 1 aliphatic rings. The van der Waals surface area contributed by atoms with Gasteiger partial charge >= 0.3 is 5.97 Å². The molecule has 0 aromatic heterocycles. The van der Waals surface area contributed by atoms with E-state index < -0.39 is 23.3 Å². The van der Waals surface area contributed by atoms with Crippen LogP contribution in [0.4, 0.5) is 0 Å². The topological polar surface area (TPSA) is 78.9 Å². The molecule has 1 fully saturated rings. The number of hydrogen-bond donors (Lipinski definition) is 2. The van der Waals surface area contributed by atoms with Crippen molar-refractivity contribution in [2.75, 3.05) is 33.3 Å². The van der Waals surface area contributed by atoms with E-state index in [0.29, 0.717) is 24.3 Å². The molecule has 2 aromatic rings. The number of piperidine rings is 1. The molecule has 2 aromatic carbocycles. The van der Waals surface area contributed by atoms with Crippen LogP contribution in [0.25, 0.3) is 0 Å². The smallest absolute Gasteiger partial charge is 0.322 e. The molecule has 41 heavy (non-hydrogen) atoms. The number of nitrogens with zero attached hydrogens (tertiary/aromatic N) is 1. The zero-order valence-electron chi connectivity index (χ0n) is 26.9. The molecule has 2 unspecified atom stereocenters. The molecule has 0 bridgehead atoms. The number of methoxy groups -OCH3 is 1. The van der Waals surface area contributed by atoms with E-state index in [1.54, 1.807) is 7.11 Å². The van der Waals surface area contributed by atoms with Crippen molar-refractivity contribution < 1.29 is 19.4 Å². The Hall–Kier alpha value is -2.86. The van der Waals surface area contributed by atoms with Gasteiger partial charge < -0.3 is 20.1 Å². The highest BCUT2D eigenvalue weighted by Crippen LogP contribution is 2.52. The third-order valence-electron chi connectivity index (χ3n) is 10.5. The number of aliphatic carboxylic acids is 1. The molecule has 1 saturated heterocycles. The first-order valence-corrected chi connectivity index (χ1v) is 15.1. The summed E-state index contributed by atoms with van der Waals surface area (Å²) in [4.78, 5) is 27.8. The van der Waals surface area contributed by atoms with E-state index in [9.17, 15) is 14.7 Å². The normalized spacial score (nSPS) is 23.2. The fourth-order valence-corrected chi connectivity index (χ4v) is 7.98. The van der Waals surface area contributed by atoms with Gasteiger partial charge in [-0.2, -0.15) is 0 Å². The largest absolute Gasteiger partial charge is 0.496 e. The molecular weight excluding hydrogens is 512 g/mol. The van der Waals surface area contributed by atoms with Gasteiger partial charge in [-0.25, -0.2) is 0 Å². The zero-order valence-corrected chi connectivity index (χ0v) is 26.9. The Morgan fingerprint density at radius 3 is 2.32 bits per heavy atom. The molecule has 226 valence electrons. The maximum atomic E-state index is 14.0. The number of carboxylic acids is 1. The van der Waals surface area contributed by atoms with Crippen molar-refractivity contribution in [3.05, 3.63) is 64.7 Å². The van der Waals surface area contributed by atoms with Gasteiger partial charge in [0.05, 0.1) is 12.5 Å². The summed E-state index contributed by atoms with van der Waals surface area (Å²) in [6, 6.07) is 14.9. The van der Waals surface area contributed by atoms with Gasteiger partial charge in [0, 0.05) is 30.5 Å². The summed E-state index contributed by atoms with van der Waals surface area (Å²) in [5.74, 6) is 0.758. The van der Waals surface area contributed by atoms with Crippen LogP contribution in [-0.2, 0) is 20.4 Å². The van der Waals surface area contributed by atoms with Crippen LogP contribution < -0.4 is 10.1 Å². The molecule has 3 rings (SSSR count). The second-order valence-electron chi connectivity index (χ2n) is 13.3. The number of carbonyl (C=O) groups is 2. The van der Waals surface area contributed by atoms with E-state index in [1.807, 2.05) is 19.1 Å². The lowest BCUT2D eigenvalue weighted by Gasteiger charge is -2.57. The summed E-state index contributed by atoms with van der Waals surface area (Å²) in [5, 5.41) is 12.1. The summed E-state index contributed by atoms with van der Waals surface area (Å²) in [5.41, 5.74) is 3.22. The molecule has 6 heteroatoms. The highest BCUT2D eigenvalue weighted by atomic mass is 16.5. The minimum Gasteiger partial charge on any atom is -0.496 e. The van der Waals surface area contributed by atoms with Crippen LogP contribution in [0.15, 0.2) is 42.5 Å². The van der Waals surface area contributed by atoms with E-state index >= 15 is 0 Å². The minimum absolute atomic E-state index is 0.0419. The van der Waals surface area contributed by atoms with Crippen LogP contribution in [-0.4, -0.2) is 55.2 Å². The predicted octanol–water partition coefficient (Wildman–Crippen LogP) is 6.37. The molecule has 0 aliphatic carbocycles. The molecule has 0 radical (unpaired) electrons. The van der Waals surface area contributed by atoms with Gasteiger partial charge in [0.2, 0.25) is 5.91 Å². The number of amides is 1. The Morgan fingerprint density at radius 1 is 1.10 bits per heavy atom. The third-order valence-corrected chi connectivity index (χ3v) is 10.5. The number of ether oxygens (including phenoxy) is 1. The van der Waals surface area contributed by atoms with E-state index in [2.05, 4.69) is 95.9 Å². The quantitative estimate of drug-likeness (QED) is 0.332.